The molecule has 0 bridgehead atoms. The van der Waals surface area contributed by atoms with Gasteiger partial charge in [-0.25, -0.2) is 0 Å². The quantitative estimate of drug-likeness (QED) is 0.915. The van der Waals surface area contributed by atoms with E-state index in [1.165, 1.54) is 11.1 Å². The summed E-state index contributed by atoms with van der Waals surface area (Å²) in [6, 6.07) is 10.9. The van der Waals surface area contributed by atoms with Crippen LogP contribution in [0.25, 0.3) is 10.9 Å². The number of anilines is 1. The Labute approximate surface area is 142 Å². The number of nitrogens with zero attached hydrogens (tertiary/aromatic N) is 3. The van der Waals surface area contributed by atoms with Crippen LogP contribution >= 0.6 is 0 Å². The smallest absolute Gasteiger partial charge is 0.317 e. The van der Waals surface area contributed by atoms with Gasteiger partial charge in [0.2, 0.25) is 0 Å². The monoisotopic (exact) mass is 327 g/mol. The van der Waals surface area contributed by atoms with E-state index < -0.39 is 5.97 Å². The number of likely N-dealkylation sites (N-methyl/N-ethyl adjacent to an activating group) is 1. The van der Waals surface area contributed by atoms with E-state index in [1.807, 2.05) is 18.0 Å². The molecule has 1 fully saturated rings. The number of piperidine rings is 1. The summed E-state index contributed by atoms with van der Waals surface area (Å²) in [5.74, 6) is -0.757. The van der Waals surface area contributed by atoms with Crippen molar-refractivity contribution in [3.8, 4) is 0 Å². The van der Waals surface area contributed by atoms with Gasteiger partial charge in [-0.2, -0.15) is 0 Å². The average molecular weight is 327 g/mol. The molecular formula is C19H25N3O2. The van der Waals surface area contributed by atoms with Crippen LogP contribution in [-0.2, 0) is 11.2 Å². The maximum absolute atomic E-state index is 10.9. The number of hydrogen-bond donors (Lipinski definition) is 1. The molecule has 0 spiro atoms. The van der Waals surface area contributed by atoms with Gasteiger partial charge in [0.15, 0.2) is 0 Å². The number of fused-ring (bicyclic) bond motifs is 1. The number of aliphatic carboxylic acids is 1. The zero-order valence-electron chi connectivity index (χ0n) is 14.4. The number of rotatable bonds is 5. The average Bonchev–Trinajstić information content (AvgIpc) is 2.60. The first-order valence-electron chi connectivity index (χ1n) is 8.64. The van der Waals surface area contributed by atoms with Crippen LogP contribution in [-0.4, -0.2) is 53.7 Å². The van der Waals surface area contributed by atoms with Crippen LogP contribution in [0.15, 0.2) is 30.3 Å². The SMILES string of the molecule is CCc1cc(N2CCC(N(C)CC(=O)O)CC2)c2ccccc2n1. The number of pyridine rings is 1. The molecule has 24 heavy (non-hydrogen) atoms. The van der Waals surface area contributed by atoms with Gasteiger partial charge < -0.3 is 10.0 Å². The lowest BCUT2D eigenvalue weighted by molar-refractivity contribution is -0.138. The summed E-state index contributed by atoms with van der Waals surface area (Å²) in [4.78, 5) is 20.0. The van der Waals surface area contributed by atoms with Crippen LogP contribution in [0.2, 0.25) is 0 Å². The minimum absolute atomic E-state index is 0.114. The third-order valence-corrected chi connectivity index (χ3v) is 4.92. The molecule has 3 rings (SSSR count). The van der Waals surface area contributed by atoms with E-state index >= 15 is 0 Å². The highest BCUT2D eigenvalue weighted by atomic mass is 16.4. The highest BCUT2D eigenvalue weighted by molar-refractivity contribution is 5.92. The molecule has 0 aliphatic carbocycles. The highest BCUT2D eigenvalue weighted by Crippen LogP contribution is 2.30. The van der Waals surface area contributed by atoms with Crippen LogP contribution in [0.4, 0.5) is 5.69 Å². The maximum atomic E-state index is 10.9. The molecule has 0 unspecified atom stereocenters. The second-order valence-electron chi connectivity index (χ2n) is 6.53. The van der Waals surface area contributed by atoms with Gasteiger partial charge in [0, 0.05) is 35.9 Å². The second-order valence-corrected chi connectivity index (χ2v) is 6.53. The predicted molar refractivity (Wildman–Crippen MR) is 96.6 cm³/mol. The Morgan fingerprint density at radius 2 is 2.04 bits per heavy atom. The zero-order chi connectivity index (χ0) is 17.1. The lowest BCUT2D eigenvalue weighted by atomic mass is 10.0. The Balaban J connectivity index is 1.79. The molecule has 128 valence electrons. The predicted octanol–water partition coefficient (Wildman–Crippen LogP) is 2.78. The van der Waals surface area contributed by atoms with Crippen molar-refractivity contribution in [2.75, 3.05) is 31.6 Å². The van der Waals surface area contributed by atoms with Crippen molar-refractivity contribution in [2.24, 2.45) is 0 Å². The number of carbonyl (C=O) groups is 1. The molecule has 0 amide bonds. The summed E-state index contributed by atoms with van der Waals surface area (Å²) >= 11 is 0. The molecule has 1 aliphatic heterocycles. The van der Waals surface area contributed by atoms with E-state index in [-0.39, 0.29) is 6.54 Å². The first-order valence-corrected chi connectivity index (χ1v) is 8.64. The van der Waals surface area contributed by atoms with Crippen LogP contribution in [0, 0.1) is 0 Å². The Morgan fingerprint density at radius 1 is 1.33 bits per heavy atom. The first kappa shape index (κ1) is 16.7. The van der Waals surface area contributed by atoms with Crippen LogP contribution in [0.1, 0.15) is 25.5 Å². The van der Waals surface area contributed by atoms with Gasteiger partial charge in [0.25, 0.3) is 0 Å². The number of aromatic nitrogens is 1. The number of carboxylic acid groups (broad SMARTS) is 1. The Hall–Kier alpha value is -2.14. The zero-order valence-corrected chi connectivity index (χ0v) is 14.4. The van der Waals surface area contributed by atoms with Crippen molar-refractivity contribution in [3.05, 3.63) is 36.0 Å². The highest BCUT2D eigenvalue weighted by Gasteiger charge is 2.24. The van der Waals surface area contributed by atoms with Gasteiger partial charge in [-0.15, -0.1) is 0 Å². The van der Waals surface area contributed by atoms with Gasteiger partial charge in [-0.1, -0.05) is 25.1 Å². The standard InChI is InChI=1S/C19H25N3O2/c1-3-14-12-18(16-6-4-5-7-17(16)20-14)22-10-8-15(9-11-22)21(2)13-19(23)24/h4-7,12,15H,3,8-11,13H2,1-2H3,(H,23,24). The molecule has 0 radical (unpaired) electrons. The number of para-hydroxylation sites is 1. The molecule has 1 saturated heterocycles. The minimum Gasteiger partial charge on any atom is -0.480 e. The molecule has 5 nitrogen and oxygen atoms in total. The van der Waals surface area contributed by atoms with E-state index in [1.54, 1.807) is 0 Å². The van der Waals surface area contributed by atoms with Crippen molar-refractivity contribution in [3.63, 3.8) is 0 Å². The van der Waals surface area contributed by atoms with Crippen molar-refractivity contribution >= 4 is 22.6 Å². The topological polar surface area (TPSA) is 56.7 Å². The molecule has 0 saturated carbocycles. The Morgan fingerprint density at radius 3 is 2.71 bits per heavy atom. The fourth-order valence-electron chi connectivity index (χ4n) is 3.54. The van der Waals surface area contributed by atoms with Crippen molar-refractivity contribution in [1.82, 2.24) is 9.88 Å². The van der Waals surface area contributed by atoms with Gasteiger partial charge in [-0.3, -0.25) is 14.7 Å². The summed E-state index contributed by atoms with van der Waals surface area (Å²) in [5, 5.41) is 10.2. The molecule has 5 heteroatoms. The van der Waals surface area contributed by atoms with E-state index in [2.05, 4.69) is 36.1 Å². The number of benzene rings is 1. The normalized spacial score (nSPS) is 16.0. The molecule has 2 aromatic rings. The third-order valence-electron chi connectivity index (χ3n) is 4.92. The van der Waals surface area contributed by atoms with Gasteiger partial charge in [0.1, 0.15) is 0 Å². The minimum atomic E-state index is -0.757. The summed E-state index contributed by atoms with van der Waals surface area (Å²) < 4.78 is 0. The summed E-state index contributed by atoms with van der Waals surface area (Å²) in [6.45, 7) is 4.15. The van der Waals surface area contributed by atoms with Crippen LogP contribution < -0.4 is 4.90 Å². The maximum Gasteiger partial charge on any atom is 0.317 e. The van der Waals surface area contributed by atoms with Gasteiger partial charge >= 0.3 is 5.97 Å². The second kappa shape index (κ2) is 7.18. The molecule has 1 aromatic carbocycles. The molecule has 2 heterocycles. The summed E-state index contributed by atoms with van der Waals surface area (Å²) in [6.07, 6.45) is 2.90. The van der Waals surface area contributed by atoms with Gasteiger partial charge in [-0.05, 0) is 38.4 Å². The molecule has 0 atom stereocenters. The van der Waals surface area contributed by atoms with E-state index in [4.69, 9.17) is 10.1 Å². The summed E-state index contributed by atoms with van der Waals surface area (Å²) in [5.41, 5.74) is 3.43. The molecule has 1 aromatic heterocycles. The third kappa shape index (κ3) is 3.51. The Bertz CT molecular complexity index is 724. The molecule has 1 N–H and O–H groups in total. The van der Waals surface area contributed by atoms with Crippen molar-refractivity contribution in [2.45, 2.75) is 32.2 Å². The molecule has 1 aliphatic rings. The van der Waals surface area contributed by atoms with E-state index in [0.717, 1.165) is 43.6 Å². The molecular weight excluding hydrogens is 302 g/mol. The lowest BCUT2D eigenvalue weighted by Crippen LogP contribution is -2.45. The number of carboxylic acids is 1. The largest absolute Gasteiger partial charge is 0.480 e. The Kier molecular flexibility index (Phi) is 5.00. The van der Waals surface area contributed by atoms with E-state index in [9.17, 15) is 4.79 Å². The first-order chi connectivity index (χ1) is 11.6. The van der Waals surface area contributed by atoms with Gasteiger partial charge in [0.05, 0.1) is 12.1 Å². The summed E-state index contributed by atoms with van der Waals surface area (Å²) in [7, 11) is 1.91. The van der Waals surface area contributed by atoms with Crippen LogP contribution in [0.3, 0.4) is 0 Å². The van der Waals surface area contributed by atoms with Crippen LogP contribution in [0.5, 0.6) is 0 Å². The van der Waals surface area contributed by atoms with Crippen molar-refractivity contribution < 1.29 is 9.90 Å². The fraction of sp³-hybridized carbons (Fsp3) is 0.474. The van der Waals surface area contributed by atoms with Crippen molar-refractivity contribution in [1.29, 1.82) is 0 Å². The number of aryl methyl sites for hydroxylation is 1. The fourth-order valence-corrected chi connectivity index (χ4v) is 3.54. The number of hydrogen-bond acceptors (Lipinski definition) is 4. The van der Waals surface area contributed by atoms with E-state index in [0.29, 0.717) is 6.04 Å². The lowest BCUT2D eigenvalue weighted by Gasteiger charge is -2.37.